The minimum Gasteiger partial charge on any atom is -0.399 e. The van der Waals surface area contributed by atoms with Gasteiger partial charge >= 0.3 is 0 Å². The van der Waals surface area contributed by atoms with Crippen molar-refractivity contribution in [3.05, 3.63) is 57.5 Å². The summed E-state index contributed by atoms with van der Waals surface area (Å²) in [4.78, 5) is 2.10. The summed E-state index contributed by atoms with van der Waals surface area (Å²) in [6, 6.07) is 13.8. The van der Waals surface area contributed by atoms with Gasteiger partial charge in [-0.1, -0.05) is 39.7 Å². The van der Waals surface area contributed by atoms with Crippen molar-refractivity contribution in [1.82, 2.24) is 0 Å². The molecular formula is C14H14BrClN2. The van der Waals surface area contributed by atoms with E-state index in [2.05, 4.69) is 33.0 Å². The predicted octanol–water partition coefficient (Wildman–Crippen LogP) is 4.32. The van der Waals surface area contributed by atoms with E-state index in [0.29, 0.717) is 10.7 Å². The van der Waals surface area contributed by atoms with E-state index in [1.807, 2.05) is 31.3 Å². The minimum absolute atomic E-state index is 0.674. The first-order valence-electron chi connectivity index (χ1n) is 5.57. The Bertz CT molecular complexity index is 557. The van der Waals surface area contributed by atoms with Gasteiger partial charge in [-0.05, 0) is 35.9 Å². The first-order valence-corrected chi connectivity index (χ1v) is 6.74. The molecule has 0 unspecified atom stereocenters. The summed E-state index contributed by atoms with van der Waals surface area (Å²) < 4.78 is 1.08. The van der Waals surface area contributed by atoms with Gasteiger partial charge in [-0.15, -0.1) is 0 Å². The van der Waals surface area contributed by atoms with Gasteiger partial charge < -0.3 is 10.6 Å². The third-order valence-electron chi connectivity index (χ3n) is 2.69. The second-order valence-electron chi connectivity index (χ2n) is 4.20. The van der Waals surface area contributed by atoms with Crippen LogP contribution >= 0.6 is 27.5 Å². The molecule has 2 aromatic carbocycles. The van der Waals surface area contributed by atoms with Gasteiger partial charge in [0.05, 0.1) is 10.7 Å². The average molecular weight is 326 g/mol. The molecule has 2 aromatic rings. The molecule has 0 aliphatic rings. The zero-order chi connectivity index (χ0) is 13.1. The predicted molar refractivity (Wildman–Crippen MR) is 82.1 cm³/mol. The van der Waals surface area contributed by atoms with Gasteiger partial charge in [-0.25, -0.2) is 0 Å². The molecule has 0 atom stereocenters. The molecule has 2 rings (SSSR count). The molecule has 18 heavy (non-hydrogen) atoms. The Morgan fingerprint density at radius 2 is 2.00 bits per heavy atom. The van der Waals surface area contributed by atoms with E-state index < -0.39 is 0 Å². The smallest absolute Gasteiger partial charge is 0.0660 e. The van der Waals surface area contributed by atoms with Crippen LogP contribution in [0.25, 0.3) is 0 Å². The molecule has 0 saturated carbocycles. The normalized spacial score (nSPS) is 10.4. The van der Waals surface area contributed by atoms with Crippen molar-refractivity contribution in [2.45, 2.75) is 6.54 Å². The van der Waals surface area contributed by atoms with E-state index in [-0.39, 0.29) is 0 Å². The number of benzene rings is 2. The summed E-state index contributed by atoms with van der Waals surface area (Å²) in [5, 5.41) is 0.674. The van der Waals surface area contributed by atoms with Gasteiger partial charge in [0, 0.05) is 23.8 Å². The summed E-state index contributed by atoms with van der Waals surface area (Å²) >= 11 is 9.66. The minimum atomic E-state index is 0.674. The number of nitrogens with two attached hydrogens (primary N) is 1. The van der Waals surface area contributed by atoms with Crippen LogP contribution in [-0.2, 0) is 6.54 Å². The molecule has 2 N–H and O–H groups in total. The third-order valence-corrected chi connectivity index (χ3v) is 3.49. The van der Waals surface area contributed by atoms with E-state index in [0.717, 1.165) is 16.7 Å². The molecule has 0 saturated heterocycles. The van der Waals surface area contributed by atoms with Gasteiger partial charge in [0.1, 0.15) is 0 Å². The van der Waals surface area contributed by atoms with Gasteiger partial charge in [0.15, 0.2) is 0 Å². The molecule has 0 aliphatic carbocycles. The fourth-order valence-electron chi connectivity index (χ4n) is 1.83. The lowest BCUT2D eigenvalue weighted by molar-refractivity contribution is 0.922. The van der Waals surface area contributed by atoms with Crippen molar-refractivity contribution in [1.29, 1.82) is 0 Å². The highest BCUT2D eigenvalue weighted by Crippen LogP contribution is 2.28. The van der Waals surface area contributed by atoms with Crippen LogP contribution in [0.1, 0.15) is 5.56 Å². The lowest BCUT2D eigenvalue weighted by atomic mass is 10.2. The van der Waals surface area contributed by atoms with Crippen LogP contribution < -0.4 is 10.6 Å². The summed E-state index contributed by atoms with van der Waals surface area (Å²) in [6.45, 7) is 0.795. The van der Waals surface area contributed by atoms with Crippen LogP contribution in [0.3, 0.4) is 0 Å². The number of nitrogen functional groups attached to an aromatic ring is 1. The number of anilines is 2. The Labute approximate surface area is 120 Å². The third kappa shape index (κ3) is 3.18. The molecule has 0 spiro atoms. The van der Waals surface area contributed by atoms with Crippen LogP contribution in [0.15, 0.2) is 46.9 Å². The summed E-state index contributed by atoms with van der Waals surface area (Å²) in [5.41, 5.74) is 8.57. The lowest BCUT2D eigenvalue weighted by Crippen LogP contribution is -2.16. The molecule has 0 fully saturated rings. The summed E-state index contributed by atoms with van der Waals surface area (Å²) in [5.74, 6) is 0. The highest BCUT2D eigenvalue weighted by Gasteiger charge is 2.07. The highest BCUT2D eigenvalue weighted by molar-refractivity contribution is 9.10. The summed E-state index contributed by atoms with van der Waals surface area (Å²) in [6.07, 6.45) is 0. The van der Waals surface area contributed by atoms with Crippen LogP contribution in [0, 0.1) is 0 Å². The van der Waals surface area contributed by atoms with Gasteiger partial charge in [0.2, 0.25) is 0 Å². The molecular weight excluding hydrogens is 312 g/mol. The van der Waals surface area contributed by atoms with Crippen LogP contribution in [0.5, 0.6) is 0 Å². The Morgan fingerprint density at radius 1 is 1.22 bits per heavy atom. The van der Waals surface area contributed by atoms with E-state index in [1.54, 1.807) is 6.07 Å². The standard InChI is InChI=1S/C14H14BrClN2/c1-18(9-10-3-2-4-11(15)7-10)14-6-5-12(17)8-13(14)16/h2-8H,9,17H2,1H3. The zero-order valence-electron chi connectivity index (χ0n) is 10.0. The highest BCUT2D eigenvalue weighted by atomic mass is 79.9. The number of halogens is 2. The van der Waals surface area contributed by atoms with Crippen molar-refractivity contribution in [2.24, 2.45) is 0 Å². The number of hydrogen-bond donors (Lipinski definition) is 1. The maximum absolute atomic E-state index is 6.19. The number of nitrogens with zero attached hydrogens (tertiary/aromatic N) is 1. The number of hydrogen-bond acceptors (Lipinski definition) is 2. The fourth-order valence-corrected chi connectivity index (χ4v) is 2.61. The van der Waals surface area contributed by atoms with Crippen molar-refractivity contribution < 1.29 is 0 Å². The monoisotopic (exact) mass is 324 g/mol. The van der Waals surface area contributed by atoms with Gasteiger partial charge in [0.25, 0.3) is 0 Å². The molecule has 0 amide bonds. The van der Waals surface area contributed by atoms with Crippen LogP contribution in [0.4, 0.5) is 11.4 Å². The zero-order valence-corrected chi connectivity index (χ0v) is 12.4. The Morgan fingerprint density at radius 3 is 2.67 bits per heavy atom. The van der Waals surface area contributed by atoms with Crippen LogP contribution in [-0.4, -0.2) is 7.05 Å². The first-order chi connectivity index (χ1) is 8.56. The molecule has 0 aromatic heterocycles. The van der Waals surface area contributed by atoms with E-state index in [4.69, 9.17) is 17.3 Å². The van der Waals surface area contributed by atoms with Crippen molar-refractivity contribution in [2.75, 3.05) is 17.7 Å². The lowest BCUT2D eigenvalue weighted by Gasteiger charge is -2.21. The fraction of sp³-hybridized carbons (Fsp3) is 0.143. The first kappa shape index (κ1) is 13.2. The molecule has 0 heterocycles. The largest absolute Gasteiger partial charge is 0.399 e. The van der Waals surface area contributed by atoms with Gasteiger partial charge in [-0.2, -0.15) is 0 Å². The van der Waals surface area contributed by atoms with Crippen molar-refractivity contribution >= 4 is 38.9 Å². The summed E-state index contributed by atoms with van der Waals surface area (Å²) in [7, 11) is 2.01. The van der Waals surface area contributed by atoms with E-state index in [9.17, 15) is 0 Å². The second kappa shape index (κ2) is 5.63. The molecule has 0 aliphatic heterocycles. The average Bonchev–Trinajstić information content (AvgIpc) is 2.28. The van der Waals surface area contributed by atoms with E-state index in [1.165, 1.54) is 5.56 Å². The molecule has 0 bridgehead atoms. The van der Waals surface area contributed by atoms with Crippen LogP contribution in [0.2, 0.25) is 5.02 Å². The van der Waals surface area contributed by atoms with Crippen molar-refractivity contribution in [3.8, 4) is 0 Å². The molecule has 0 radical (unpaired) electrons. The SMILES string of the molecule is CN(Cc1cccc(Br)c1)c1ccc(N)cc1Cl. The molecule has 2 nitrogen and oxygen atoms in total. The molecule has 94 valence electrons. The maximum Gasteiger partial charge on any atom is 0.0660 e. The quantitative estimate of drug-likeness (QED) is 0.852. The Hall–Kier alpha value is -1.19. The maximum atomic E-state index is 6.19. The second-order valence-corrected chi connectivity index (χ2v) is 5.52. The topological polar surface area (TPSA) is 29.3 Å². The number of rotatable bonds is 3. The Balaban J connectivity index is 2.19. The Kier molecular flexibility index (Phi) is 4.15. The molecule has 4 heteroatoms. The van der Waals surface area contributed by atoms with Crippen molar-refractivity contribution in [3.63, 3.8) is 0 Å². The van der Waals surface area contributed by atoms with Gasteiger partial charge in [-0.3, -0.25) is 0 Å². The van der Waals surface area contributed by atoms with E-state index >= 15 is 0 Å².